The van der Waals surface area contributed by atoms with Crippen molar-refractivity contribution in [1.82, 2.24) is 19.5 Å². The van der Waals surface area contributed by atoms with Crippen LogP contribution in [-0.4, -0.2) is 25.4 Å². The second-order valence-corrected chi connectivity index (χ2v) is 7.90. The van der Waals surface area contributed by atoms with Crippen LogP contribution in [0.5, 0.6) is 0 Å². The molecule has 0 unspecified atom stereocenters. The fraction of sp³-hybridized carbons (Fsp3) is 0.0400. The van der Waals surface area contributed by atoms with E-state index >= 15 is 0 Å². The minimum absolute atomic E-state index is 0.324. The minimum atomic E-state index is -0.513. The molecule has 0 spiro atoms. The number of hydrogen-bond donors (Lipinski definition) is 2. The highest BCUT2D eigenvalue weighted by molar-refractivity contribution is 6.29. The molecule has 0 bridgehead atoms. The third-order valence-corrected chi connectivity index (χ3v) is 5.64. The van der Waals surface area contributed by atoms with Crippen molar-refractivity contribution in [3.05, 3.63) is 101 Å². The molecule has 2 aromatic carbocycles. The molecule has 0 radical (unpaired) electrons. The van der Waals surface area contributed by atoms with Gasteiger partial charge in [-0.1, -0.05) is 48.0 Å². The van der Waals surface area contributed by atoms with Gasteiger partial charge in [-0.25, -0.2) is 15.0 Å². The Morgan fingerprint density at radius 2 is 1.76 bits per heavy atom. The lowest BCUT2D eigenvalue weighted by Crippen LogP contribution is -2.16. The molecule has 0 fully saturated rings. The molecule has 3 heterocycles. The predicted octanol–water partition coefficient (Wildman–Crippen LogP) is 4.41. The molecular weight excluding hydrogens is 436 g/mol. The Kier molecular flexibility index (Phi) is 5.24. The number of fused-ring (bicyclic) bond motifs is 1. The van der Waals surface area contributed by atoms with Crippen LogP contribution in [0.1, 0.15) is 21.5 Å². The van der Waals surface area contributed by atoms with Gasteiger partial charge in [0.25, 0.3) is 0 Å². The van der Waals surface area contributed by atoms with Crippen LogP contribution in [0, 0.1) is 0 Å². The van der Waals surface area contributed by atoms with E-state index in [2.05, 4.69) is 9.97 Å². The lowest BCUT2D eigenvalue weighted by molar-refractivity contribution is 0.0999. The fourth-order valence-corrected chi connectivity index (χ4v) is 4.09. The normalized spacial score (nSPS) is 11.1. The summed E-state index contributed by atoms with van der Waals surface area (Å²) in [6.07, 6.45) is 2.10. The number of halogens is 1. The zero-order chi connectivity index (χ0) is 22.9. The van der Waals surface area contributed by atoms with Crippen molar-refractivity contribution in [2.45, 2.75) is 6.42 Å². The quantitative estimate of drug-likeness (QED) is 0.382. The smallest absolute Gasteiger partial charge is 0.249 e. The lowest BCUT2D eigenvalue weighted by Gasteiger charge is -2.17. The van der Waals surface area contributed by atoms with Gasteiger partial charge in [-0.3, -0.25) is 9.36 Å². The predicted molar refractivity (Wildman–Crippen MR) is 129 cm³/mol. The van der Waals surface area contributed by atoms with E-state index in [1.54, 1.807) is 36.5 Å². The molecule has 0 aliphatic carbocycles. The van der Waals surface area contributed by atoms with Crippen molar-refractivity contribution in [1.29, 1.82) is 0 Å². The molecule has 0 aliphatic rings. The first-order valence-corrected chi connectivity index (χ1v) is 10.6. The molecule has 3 aromatic heterocycles. The van der Waals surface area contributed by atoms with Gasteiger partial charge in [-0.05, 0) is 47.5 Å². The maximum Gasteiger partial charge on any atom is 0.249 e. The van der Waals surface area contributed by atoms with Crippen LogP contribution in [-0.2, 0) is 6.42 Å². The van der Waals surface area contributed by atoms with E-state index < -0.39 is 5.91 Å². The molecule has 8 heteroatoms. The Morgan fingerprint density at radius 3 is 2.52 bits per heavy atom. The molecule has 0 atom stereocenters. The number of amides is 1. The first-order chi connectivity index (χ1) is 16.0. The van der Waals surface area contributed by atoms with Crippen molar-refractivity contribution in [3.63, 3.8) is 0 Å². The number of carbonyl (C=O) groups excluding carboxylic acids is 1. The molecule has 1 amide bonds. The van der Waals surface area contributed by atoms with Crippen LogP contribution >= 0.6 is 11.6 Å². The van der Waals surface area contributed by atoms with Gasteiger partial charge in [0, 0.05) is 18.2 Å². The fourth-order valence-electron chi connectivity index (χ4n) is 3.95. The Morgan fingerprint density at radius 1 is 0.939 bits per heavy atom. The van der Waals surface area contributed by atoms with Crippen molar-refractivity contribution < 1.29 is 4.79 Å². The van der Waals surface area contributed by atoms with E-state index in [0.717, 1.165) is 11.1 Å². The highest BCUT2D eigenvalue weighted by Gasteiger charge is 2.22. The number of nitrogens with two attached hydrogens (primary N) is 2. The van der Waals surface area contributed by atoms with Crippen LogP contribution in [0.3, 0.4) is 0 Å². The van der Waals surface area contributed by atoms with Crippen LogP contribution < -0.4 is 11.5 Å². The van der Waals surface area contributed by atoms with Gasteiger partial charge in [0.05, 0.1) is 11.3 Å². The van der Waals surface area contributed by atoms with Crippen LogP contribution in [0.2, 0.25) is 5.15 Å². The number of hydrogen-bond acceptors (Lipinski definition) is 5. The average Bonchev–Trinajstić information content (AvgIpc) is 3.18. The summed E-state index contributed by atoms with van der Waals surface area (Å²) in [7, 11) is 0. The van der Waals surface area contributed by atoms with E-state index in [1.807, 2.05) is 47.0 Å². The van der Waals surface area contributed by atoms with E-state index in [9.17, 15) is 4.79 Å². The molecule has 0 aliphatic heterocycles. The van der Waals surface area contributed by atoms with Crippen molar-refractivity contribution in [2.24, 2.45) is 5.73 Å². The van der Waals surface area contributed by atoms with E-state index in [1.165, 1.54) is 0 Å². The number of pyridine rings is 2. The maximum absolute atomic E-state index is 12.4. The lowest BCUT2D eigenvalue weighted by atomic mass is 9.97. The second-order valence-electron chi connectivity index (χ2n) is 7.51. The van der Waals surface area contributed by atoms with Gasteiger partial charge in [-0.15, -0.1) is 0 Å². The number of nitrogens with zero attached hydrogens (tertiary/aromatic N) is 4. The SMILES string of the molecule is NC(=O)c1cccc(-n2c(-c3cccnc3N)nc3ccc(Cl)nc32)c1Cc1ccccc1. The number of primary amides is 1. The summed E-state index contributed by atoms with van der Waals surface area (Å²) < 4.78 is 1.86. The monoisotopic (exact) mass is 454 g/mol. The third kappa shape index (κ3) is 3.79. The highest BCUT2D eigenvalue weighted by Crippen LogP contribution is 2.33. The first-order valence-electron chi connectivity index (χ1n) is 10.2. The van der Waals surface area contributed by atoms with Crippen LogP contribution in [0.25, 0.3) is 28.2 Å². The number of rotatable bonds is 5. The van der Waals surface area contributed by atoms with Crippen LogP contribution in [0.4, 0.5) is 5.82 Å². The molecule has 162 valence electrons. The second kappa shape index (κ2) is 8.37. The summed E-state index contributed by atoms with van der Waals surface area (Å²) in [6.45, 7) is 0. The van der Waals surface area contributed by atoms with Gasteiger partial charge in [-0.2, -0.15) is 0 Å². The number of anilines is 1. The van der Waals surface area contributed by atoms with E-state index in [4.69, 9.17) is 28.1 Å². The largest absolute Gasteiger partial charge is 0.383 e. The van der Waals surface area contributed by atoms with Crippen molar-refractivity contribution in [3.8, 4) is 17.1 Å². The number of carbonyl (C=O) groups is 1. The van der Waals surface area contributed by atoms with E-state index in [0.29, 0.717) is 51.2 Å². The average molecular weight is 455 g/mol. The number of imidazole rings is 1. The molecular formula is C25H19ClN6O. The van der Waals surface area contributed by atoms with E-state index in [-0.39, 0.29) is 0 Å². The number of nitrogen functional groups attached to an aromatic ring is 1. The van der Waals surface area contributed by atoms with Crippen molar-refractivity contribution in [2.75, 3.05) is 5.73 Å². The van der Waals surface area contributed by atoms with Crippen molar-refractivity contribution >= 4 is 34.5 Å². The Hall–Kier alpha value is -4.23. The molecule has 4 N–H and O–H groups in total. The summed E-state index contributed by atoms with van der Waals surface area (Å²) in [6, 6.07) is 22.4. The maximum atomic E-state index is 12.4. The molecule has 7 nitrogen and oxygen atoms in total. The minimum Gasteiger partial charge on any atom is -0.383 e. The topological polar surface area (TPSA) is 113 Å². The summed E-state index contributed by atoms with van der Waals surface area (Å²) in [5, 5.41) is 0.324. The van der Waals surface area contributed by atoms with Gasteiger partial charge in [0.2, 0.25) is 5.91 Å². The Labute approximate surface area is 194 Å². The van der Waals surface area contributed by atoms with Gasteiger partial charge in [0.1, 0.15) is 16.5 Å². The van der Waals surface area contributed by atoms with Gasteiger partial charge < -0.3 is 11.5 Å². The Bertz CT molecular complexity index is 1500. The molecule has 5 aromatic rings. The Balaban J connectivity index is 1.85. The van der Waals surface area contributed by atoms with Gasteiger partial charge in [0.15, 0.2) is 11.5 Å². The standard InChI is InChI=1S/C25H19ClN6O/c26-21-12-11-19-25(31-21)32(24(30-19)17-9-5-13-29-22(17)27)20-10-4-8-16(23(28)33)18(20)14-15-6-2-1-3-7-15/h1-13H,14H2,(H2,27,29)(H2,28,33). The molecule has 33 heavy (non-hydrogen) atoms. The summed E-state index contributed by atoms with van der Waals surface area (Å²) in [4.78, 5) is 25.9. The summed E-state index contributed by atoms with van der Waals surface area (Å²) in [5.74, 6) is 0.359. The van der Waals surface area contributed by atoms with Gasteiger partial charge >= 0.3 is 0 Å². The zero-order valence-electron chi connectivity index (χ0n) is 17.4. The first kappa shape index (κ1) is 20.7. The summed E-state index contributed by atoms with van der Waals surface area (Å²) in [5.41, 5.74) is 16.7. The van der Waals surface area contributed by atoms with Crippen LogP contribution in [0.15, 0.2) is 79.0 Å². The number of aromatic nitrogens is 4. The molecule has 0 saturated heterocycles. The third-order valence-electron chi connectivity index (χ3n) is 5.43. The molecule has 5 rings (SSSR count). The summed E-state index contributed by atoms with van der Waals surface area (Å²) >= 11 is 6.25. The number of benzene rings is 2. The highest BCUT2D eigenvalue weighted by atomic mass is 35.5. The zero-order valence-corrected chi connectivity index (χ0v) is 18.2. The molecule has 0 saturated carbocycles.